The molecule has 5 nitrogen and oxygen atoms in total. The van der Waals surface area contributed by atoms with E-state index < -0.39 is 19.8 Å². The van der Waals surface area contributed by atoms with Crippen LogP contribution in [0.4, 0.5) is 10.1 Å². The summed E-state index contributed by atoms with van der Waals surface area (Å²) in [4.78, 5) is 12.9. The fourth-order valence-electron chi connectivity index (χ4n) is 2.90. The van der Waals surface area contributed by atoms with Gasteiger partial charge in [0.1, 0.15) is 10.7 Å². The van der Waals surface area contributed by atoms with Gasteiger partial charge >= 0.3 is 5.97 Å². The van der Waals surface area contributed by atoms with Gasteiger partial charge in [0.25, 0.3) is 9.05 Å². The molecule has 1 aliphatic heterocycles. The van der Waals surface area contributed by atoms with Crippen LogP contribution in [0.5, 0.6) is 0 Å². The maximum absolute atomic E-state index is 12.9. The zero-order chi connectivity index (χ0) is 30.1. The molecule has 0 radical (unpaired) electrons. The number of rotatable bonds is 7. The molecule has 21 heteroatoms. The quantitative estimate of drug-likeness (QED) is 0.158. The zero-order valence-corrected chi connectivity index (χ0v) is 36.6. The van der Waals surface area contributed by atoms with Crippen LogP contribution in [0.3, 0.4) is 0 Å². The van der Waals surface area contributed by atoms with Crippen LogP contribution in [0.2, 0.25) is 0 Å². The third-order valence-corrected chi connectivity index (χ3v) is 73.3. The molecule has 220 valence electrons. The predicted octanol–water partition coefficient (Wildman–Crippen LogP) is 10.7. The highest BCUT2D eigenvalue weighted by Gasteiger charge is 2.33. The summed E-state index contributed by atoms with van der Waals surface area (Å²) in [6, 6.07) is 11.8. The Hall–Kier alpha value is 3.52. The number of aryl methyl sites for hydroxylation is 1. The molecule has 0 bridgehead atoms. The van der Waals surface area contributed by atoms with E-state index in [9.17, 15) is 17.6 Å². The number of nitrogens with zero attached hydrogens (tertiary/aromatic N) is 1. The Bertz CT molecular complexity index is 1190. The highest BCUT2D eigenvalue weighted by Crippen LogP contribution is 3.16. The smallest absolute Gasteiger partial charge is 0.312 e. The lowest BCUT2D eigenvalue weighted by Gasteiger charge is -2.39. The Labute approximate surface area is 266 Å². The molecule has 0 aromatic heterocycles. The topological polar surface area (TPSA) is 63.7 Å². The molecule has 1 fully saturated rings. The zero-order valence-electron chi connectivity index (χ0n) is 20.9. The summed E-state index contributed by atoms with van der Waals surface area (Å²) in [5.41, 5.74) is 1.79. The lowest BCUT2D eigenvalue weighted by molar-refractivity contribution is -0.146. The highest BCUT2D eigenvalue weighted by atomic mass is 79.9. The summed E-state index contributed by atoms with van der Waals surface area (Å²) in [5.74, 6) is -0.889. The molecular formula is C18H32BrClFNO4P12S. The van der Waals surface area contributed by atoms with E-state index in [0.717, 1.165) is 35.4 Å². The van der Waals surface area contributed by atoms with E-state index in [4.69, 9.17) is 10.7 Å². The summed E-state index contributed by atoms with van der Waals surface area (Å²) in [7, 11) is 23.4. The van der Waals surface area contributed by atoms with Crippen LogP contribution < -0.4 is 4.90 Å². The third kappa shape index (κ3) is 14.7. The van der Waals surface area contributed by atoms with Crippen molar-refractivity contribution in [1.29, 1.82) is 0 Å². The Morgan fingerprint density at radius 2 is 1.59 bits per heavy atom. The maximum Gasteiger partial charge on any atom is 0.312 e. The number of hydrogen-bond acceptors (Lipinski definition) is 5. The fourth-order valence-corrected chi connectivity index (χ4v) is 107. The molecule has 0 amide bonds. The van der Waals surface area contributed by atoms with E-state index in [1.54, 1.807) is 6.92 Å². The summed E-state index contributed by atoms with van der Waals surface area (Å²) < 4.78 is 40.0. The van der Waals surface area contributed by atoms with Gasteiger partial charge in [-0.1, -0.05) is 28.1 Å². The van der Waals surface area contributed by atoms with Crippen LogP contribution in [-0.4, -0.2) is 34.6 Å². The van der Waals surface area contributed by atoms with Crippen molar-refractivity contribution >= 4 is 145 Å². The fraction of sp³-hybridized carbons (Fsp3) is 0.278. The van der Waals surface area contributed by atoms with Crippen molar-refractivity contribution < 1.29 is 22.3 Å². The monoisotopic (exact) mass is 863 g/mol. The van der Waals surface area contributed by atoms with Crippen LogP contribution in [0.25, 0.3) is 0 Å². The van der Waals surface area contributed by atoms with E-state index in [2.05, 4.69) is 88.1 Å². The van der Waals surface area contributed by atoms with Crippen molar-refractivity contribution in [1.82, 2.24) is 0 Å². The highest BCUT2D eigenvalue weighted by molar-refractivity contribution is 9.21. The average Bonchev–Trinajstić information content (AvgIpc) is 2.77. The molecule has 0 N–H and O–H groups in total. The van der Waals surface area contributed by atoms with Crippen molar-refractivity contribution in [2.24, 2.45) is 5.92 Å². The van der Waals surface area contributed by atoms with E-state index in [0.29, 0.717) is 5.56 Å². The van der Waals surface area contributed by atoms with Crippen molar-refractivity contribution in [2.45, 2.75) is 11.8 Å². The predicted molar refractivity (Wildman–Crippen MR) is 209 cm³/mol. The first-order valence-electron chi connectivity index (χ1n) is 10.5. The largest absolute Gasteiger partial charge is 0.469 e. The van der Waals surface area contributed by atoms with Gasteiger partial charge < -0.3 is 9.64 Å². The Kier molecular flexibility index (Phi) is 20.7. The average molecular weight is 865 g/mol. The summed E-state index contributed by atoms with van der Waals surface area (Å²) in [5, 5.41) is 0. The first-order chi connectivity index (χ1) is 18.0. The van der Waals surface area contributed by atoms with Gasteiger partial charge in [0, 0.05) is 33.9 Å². The van der Waals surface area contributed by atoms with Gasteiger partial charge in [-0.2, -0.15) is 0 Å². The van der Waals surface area contributed by atoms with Crippen LogP contribution in [0.1, 0.15) is 5.56 Å². The third-order valence-electron chi connectivity index (χ3n) is 4.77. The second-order valence-corrected chi connectivity index (χ2v) is 56.1. The van der Waals surface area contributed by atoms with Gasteiger partial charge in [-0.05, 0) is 77.8 Å². The number of methoxy groups -OCH3 is 1. The number of carbonyl (C=O) groups excluding carboxylic acids is 1. The van der Waals surface area contributed by atoms with Crippen molar-refractivity contribution in [3.8, 4) is 0 Å². The molecule has 8 unspecified atom stereocenters. The standard InChI is InChI=1S/C11H12BrNO2.C7H6ClFO2S.H14P12/c1-15-11(14)8-6-13(7-8)10-4-2-3-9(12)5-10;1-5-2-3-7(6(9)4-5)12(8,10)11;1-8(2)11(7)12(9(3)4)10(5)6/h2-5,8H,6-7H2,1H3;2-4H,1H3;1-7H2. The molecule has 0 spiro atoms. The Morgan fingerprint density at radius 1 is 1.03 bits per heavy atom. The maximum atomic E-state index is 12.9. The van der Waals surface area contributed by atoms with Crippen LogP contribution in [-0.2, 0) is 18.6 Å². The van der Waals surface area contributed by atoms with Crippen molar-refractivity contribution in [3.05, 3.63) is 58.3 Å². The lowest BCUT2D eigenvalue weighted by atomic mass is 9.99. The van der Waals surface area contributed by atoms with Crippen molar-refractivity contribution in [3.63, 3.8) is 0 Å². The second-order valence-electron chi connectivity index (χ2n) is 7.71. The Morgan fingerprint density at radius 3 is 1.97 bits per heavy atom. The first kappa shape index (κ1) is 40.5. The Balaban J connectivity index is 0.000000296. The summed E-state index contributed by atoms with van der Waals surface area (Å²) in [6.07, 6.45) is 0. The van der Waals surface area contributed by atoms with Gasteiger partial charge in [0.15, 0.2) is 0 Å². The number of benzene rings is 2. The molecule has 8 atom stereocenters. The number of halogens is 3. The number of hydrogen-bond donors (Lipinski definition) is 0. The minimum atomic E-state index is -3.95. The van der Waals surface area contributed by atoms with Gasteiger partial charge in [0.2, 0.25) is 0 Å². The van der Waals surface area contributed by atoms with E-state index >= 15 is 0 Å². The molecule has 3 rings (SSSR count). The summed E-state index contributed by atoms with van der Waals surface area (Å²) >= 11 is 3.42. The molecule has 2 aromatic carbocycles. The van der Waals surface area contributed by atoms with Gasteiger partial charge in [-0.15, -0.1) is 62.5 Å². The summed E-state index contributed by atoms with van der Waals surface area (Å²) in [6.45, 7) is 3.87. The number of anilines is 1. The molecule has 2 aromatic rings. The van der Waals surface area contributed by atoms with E-state index in [1.807, 2.05) is 24.3 Å². The minimum absolute atomic E-state index is 0.0361. The molecule has 39 heavy (non-hydrogen) atoms. The lowest BCUT2D eigenvalue weighted by Crippen LogP contribution is -2.50. The van der Waals surface area contributed by atoms with Gasteiger partial charge in [-0.25, -0.2) is 12.8 Å². The first-order valence-corrected chi connectivity index (χ1v) is 34.5. The molecule has 1 heterocycles. The molecule has 1 saturated heterocycles. The number of ether oxygens (including phenoxy) is 1. The normalized spacial score (nSPS) is 14.4. The van der Waals surface area contributed by atoms with Crippen LogP contribution >= 0.6 is 124 Å². The molecule has 1 aliphatic rings. The molecular weight excluding hydrogens is 832 g/mol. The van der Waals surface area contributed by atoms with Crippen LogP contribution in [0, 0.1) is 18.7 Å². The SMILES string of the molecule is COC(=O)C1CN(c2cccc(Br)c2)C1.Cc1ccc(S(=O)(=O)Cl)c(F)c1.PP(P)P(P)P(P(P)P)P(P)P. The number of esters is 1. The van der Waals surface area contributed by atoms with Crippen molar-refractivity contribution in [2.75, 3.05) is 25.1 Å². The van der Waals surface area contributed by atoms with Crippen LogP contribution in [0.15, 0.2) is 51.8 Å². The van der Waals surface area contributed by atoms with Gasteiger partial charge in [0.05, 0.1) is 13.0 Å². The number of carbonyl (C=O) groups is 1. The second kappa shape index (κ2) is 19.9. The molecule has 0 saturated carbocycles. The molecule has 0 aliphatic carbocycles. The van der Waals surface area contributed by atoms with E-state index in [1.165, 1.54) is 13.2 Å². The van der Waals surface area contributed by atoms with Gasteiger partial charge in [-0.3, -0.25) is 4.79 Å². The van der Waals surface area contributed by atoms with E-state index in [-0.39, 0.29) is 46.8 Å². The minimum Gasteiger partial charge on any atom is -0.469 e.